The number of rotatable bonds is 9. The van der Waals surface area contributed by atoms with Gasteiger partial charge in [-0.05, 0) is 37.8 Å². The van der Waals surface area contributed by atoms with E-state index in [4.69, 9.17) is 15.2 Å². The Balaban J connectivity index is 1.48. The summed E-state index contributed by atoms with van der Waals surface area (Å²) in [5.41, 5.74) is 6.08. The number of carbonyl (C=O) groups excluding carboxylic acids is 3. The number of amides is 3. The normalized spacial score (nSPS) is 18.3. The zero-order valence-corrected chi connectivity index (χ0v) is 22.9. The van der Waals surface area contributed by atoms with Crippen molar-refractivity contribution in [3.8, 4) is 0 Å². The van der Waals surface area contributed by atoms with Crippen LogP contribution in [0.15, 0.2) is 60.7 Å². The minimum atomic E-state index is -1.15. The maximum absolute atomic E-state index is 13.9. The van der Waals surface area contributed by atoms with Crippen LogP contribution in [0, 0.1) is 0 Å². The molecule has 0 unspecified atom stereocenters. The summed E-state index contributed by atoms with van der Waals surface area (Å²) in [6, 6.07) is 18.6. The first-order chi connectivity index (χ1) is 18.7. The summed E-state index contributed by atoms with van der Waals surface area (Å²) in [5.74, 6) is -0.575. The molecule has 3 amide bonds. The van der Waals surface area contributed by atoms with Gasteiger partial charge in [-0.3, -0.25) is 14.4 Å². The molecule has 0 spiro atoms. The number of nitrogens with two attached hydrogens (primary N) is 1. The third kappa shape index (κ3) is 7.03. The minimum absolute atomic E-state index is 0.0165. The van der Waals surface area contributed by atoms with Crippen molar-refractivity contribution >= 4 is 17.7 Å². The average molecular weight is 537 g/mol. The van der Waals surface area contributed by atoms with E-state index in [1.807, 2.05) is 65.6 Å². The van der Waals surface area contributed by atoms with Gasteiger partial charge in [0.2, 0.25) is 17.7 Å². The maximum atomic E-state index is 13.9. The first-order valence-corrected chi connectivity index (χ1v) is 13.6. The fourth-order valence-electron chi connectivity index (χ4n) is 5.17. The third-order valence-electron chi connectivity index (χ3n) is 7.55. The van der Waals surface area contributed by atoms with Crippen molar-refractivity contribution in [2.75, 3.05) is 46.0 Å². The van der Waals surface area contributed by atoms with E-state index < -0.39 is 22.9 Å². The van der Waals surface area contributed by atoms with Gasteiger partial charge in [0.05, 0.1) is 37.4 Å². The van der Waals surface area contributed by atoms with E-state index in [0.717, 1.165) is 11.1 Å². The van der Waals surface area contributed by atoms with Gasteiger partial charge in [0.25, 0.3) is 0 Å². The molecule has 210 valence electrons. The molecule has 2 fully saturated rings. The van der Waals surface area contributed by atoms with Crippen LogP contribution in [0.4, 0.5) is 0 Å². The van der Waals surface area contributed by atoms with E-state index in [0.29, 0.717) is 58.8 Å². The lowest BCUT2D eigenvalue weighted by Gasteiger charge is -2.44. The van der Waals surface area contributed by atoms with Crippen molar-refractivity contribution in [2.45, 2.75) is 50.3 Å². The fraction of sp³-hybridized carbons (Fsp3) is 0.500. The zero-order chi connectivity index (χ0) is 27.9. The molecule has 2 aromatic carbocycles. The van der Waals surface area contributed by atoms with E-state index in [-0.39, 0.29) is 18.4 Å². The van der Waals surface area contributed by atoms with E-state index in [1.54, 1.807) is 18.7 Å². The summed E-state index contributed by atoms with van der Waals surface area (Å²) < 4.78 is 11.3. The molecular formula is C30H40N4O5. The topological polar surface area (TPSA) is 114 Å². The number of ether oxygens (including phenoxy) is 2. The summed E-state index contributed by atoms with van der Waals surface area (Å²) in [4.78, 5) is 43.9. The molecule has 3 N–H and O–H groups in total. The van der Waals surface area contributed by atoms with Crippen LogP contribution in [-0.2, 0) is 35.9 Å². The summed E-state index contributed by atoms with van der Waals surface area (Å²) in [5, 5.41) is 2.80. The van der Waals surface area contributed by atoms with Crippen LogP contribution in [0.1, 0.15) is 37.8 Å². The number of benzene rings is 2. The number of hydrogen-bond acceptors (Lipinski definition) is 6. The molecule has 9 nitrogen and oxygen atoms in total. The second-order valence-electron chi connectivity index (χ2n) is 10.9. The average Bonchev–Trinajstić information content (AvgIpc) is 2.97. The SMILES string of the molecule is CC(C)(N)C(=O)N[C@H](COCc1ccccc1)C(=O)N1CCC(C(=O)N2CCOCC2)(c2ccccc2)CC1. The standard InChI is InChI=1S/C30H40N4O5/c1-29(2,31)27(36)32-25(22-39-21-23-9-5-3-6-10-23)26(35)33-15-13-30(14-16-33,24-11-7-4-8-12-24)28(37)34-17-19-38-20-18-34/h3-12,25H,13-22,31H2,1-2H3,(H,32,36)/t25-/m1/s1. The number of nitrogens with one attached hydrogen (secondary N) is 1. The molecule has 2 aromatic rings. The van der Waals surface area contributed by atoms with Gasteiger partial charge in [0, 0.05) is 26.2 Å². The van der Waals surface area contributed by atoms with Crippen LogP contribution >= 0.6 is 0 Å². The van der Waals surface area contributed by atoms with E-state index >= 15 is 0 Å². The van der Waals surface area contributed by atoms with Gasteiger partial charge in [-0.2, -0.15) is 0 Å². The molecule has 2 aliphatic heterocycles. The summed E-state index contributed by atoms with van der Waals surface area (Å²) in [7, 11) is 0. The Bertz CT molecular complexity index is 1110. The van der Waals surface area contributed by atoms with Crippen LogP contribution in [0.25, 0.3) is 0 Å². The molecule has 0 aromatic heterocycles. The summed E-state index contributed by atoms with van der Waals surface area (Å²) in [6.45, 7) is 6.51. The Kier molecular flexibility index (Phi) is 9.37. The fourth-order valence-corrected chi connectivity index (χ4v) is 5.17. The predicted molar refractivity (Wildman–Crippen MR) is 148 cm³/mol. The number of piperidine rings is 1. The highest BCUT2D eigenvalue weighted by Crippen LogP contribution is 2.38. The molecule has 2 aliphatic rings. The second kappa shape index (κ2) is 12.7. The Hall–Kier alpha value is -3.27. The smallest absolute Gasteiger partial charge is 0.247 e. The molecule has 0 aliphatic carbocycles. The summed E-state index contributed by atoms with van der Waals surface area (Å²) in [6.07, 6.45) is 0.986. The molecule has 9 heteroatoms. The second-order valence-corrected chi connectivity index (χ2v) is 10.9. The monoisotopic (exact) mass is 536 g/mol. The highest BCUT2D eigenvalue weighted by molar-refractivity contribution is 5.92. The molecule has 0 radical (unpaired) electrons. The van der Waals surface area contributed by atoms with Gasteiger partial charge in [0.15, 0.2) is 0 Å². The van der Waals surface area contributed by atoms with Crippen molar-refractivity contribution in [3.63, 3.8) is 0 Å². The summed E-state index contributed by atoms with van der Waals surface area (Å²) >= 11 is 0. The highest BCUT2D eigenvalue weighted by Gasteiger charge is 2.46. The molecule has 39 heavy (non-hydrogen) atoms. The van der Waals surface area contributed by atoms with Gasteiger partial charge in [-0.25, -0.2) is 0 Å². The predicted octanol–water partition coefficient (Wildman–Crippen LogP) is 1.84. The van der Waals surface area contributed by atoms with Gasteiger partial charge in [-0.1, -0.05) is 60.7 Å². The Labute approximate surface area is 230 Å². The van der Waals surface area contributed by atoms with Crippen molar-refractivity contribution in [1.29, 1.82) is 0 Å². The number of morpholine rings is 1. The maximum Gasteiger partial charge on any atom is 0.247 e. The van der Waals surface area contributed by atoms with Gasteiger partial charge in [-0.15, -0.1) is 0 Å². The Morgan fingerprint density at radius 1 is 0.949 bits per heavy atom. The third-order valence-corrected chi connectivity index (χ3v) is 7.55. The number of hydrogen-bond donors (Lipinski definition) is 2. The number of likely N-dealkylation sites (tertiary alicyclic amines) is 1. The van der Waals surface area contributed by atoms with E-state index in [9.17, 15) is 14.4 Å². The van der Waals surface area contributed by atoms with Crippen LogP contribution in [0.5, 0.6) is 0 Å². The lowest BCUT2D eigenvalue weighted by atomic mass is 9.71. The molecular weight excluding hydrogens is 496 g/mol. The molecule has 2 heterocycles. The van der Waals surface area contributed by atoms with Gasteiger partial charge in [0.1, 0.15) is 6.04 Å². The van der Waals surface area contributed by atoms with Crippen molar-refractivity contribution in [2.24, 2.45) is 5.73 Å². The lowest BCUT2D eigenvalue weighted by Crippen LogP contribution is -2.60. The zero-order valence-electron chi connectivity index (χ0n) is 22.9. The number of nitrogens with zero attached hydrogens (tertiary/aromatic N) is 2. The Morgan fingerprint density at radius 3 is 2.13 bits per heavy atom. The molecule has 4 rings (SSSR count). The Morgan fingerprint density at radius 2 is 1.54 bits per heavy atom. The molecule has 1 atom stereocenters. The van der Waals surface area contributed by atoms with Crippen molar-refractivity contribution in [3.05, 3.63) is 71.8 Å². The minimum Gasteiger partial charge on any atom is -0.378 e. The van der Waals surface area contributed by atoms with E-state index in [2.05, 4.69) is 5.32 Å². The largest absolute Gasteiger partial charge is 0.378 e. The molecule has 0 saturated carbocycles. The first-order valence-electron chi connectivity index (χ1n) is 13.6. The first kappa shape index (κ1) is 28.7. The number of carbonyl (C=O) groups is 3. The molecule has 0 bridgehead atoms. The van der Waals surface area contributed by atoms with Crippen LogP contribution in [0.3, 0.4) is 0 Å². The van der Waals surface area contributed by atoms with Gasteiger partial charge < -0.3 is 30.3 Å². The molecule has 2 saturated heterocycles. The van der Waals surface area contributed by atoms with Crippen molar-refractivity contribution in [1.82, 2.24) is 15.1 Å². The van der Waals surface area contributed by atoms with Crippen LogP contribution in [-0.4, -0.2) is 85.1 Å². The lowest BCUT2D eigenvalue weighted by molar-refractivity contribution is -0.147. The van der Waals surface area contributed by atoms with Crippen molar-refractivity contribution < 1.29 is 23.9 Å². The highest BCUT2D eigenvalue weighted by atomic mass is 16.5. The van der Waals surface area contributed by atoms with E-state index in [1.165, 1.54) is 0 Å². The quantitative estimate of drug-likeness (QED) is 0.506. The van der Waals surface area contributed by atoms with Crippen LogP contribution < -0.4 is 11.1 Å². The van der Waals surface area contributed by atoms with Crippen LogP contribution in [0.2, 0.25) is 0 Å². The van der Waals surface area contributed by atoms with Gasteiger partial charge >= 0.3 is 0 Å².